The van der Waals surface area contributed by atoms with Gasteiger partial charge in [0.15, 0.2) is 15.0 Å². The van der Waals surface area contributed by atoms with E-state index in [2.05, 4.69) is 4.99 Å². The first-order valence-electron chi connectivity index (χ1n) is 8.35. The number of carbonyl (C=O) groups excluding carboxylic acids is 1. The van der Waals surface area contributed by atoms with Crippen molar-refractivity contribution in [1.82, 2.24) is 0 Å². The molecule has 0 radical (unpaired) electrons. The first-order chi connectivity index (χ1) is 12.7. The summed E-state index contributed by atoms with van der Waals surface area (Å²) in [6.07, 6.45) is -4.67. The van der Waals surface area contributed by atoms with Gasteiger partial charge in [-0.3, -0.25) is 4.79 Å². The van der Waals surface area contributed by atoms with Crippen molar-refractivity contribution in [1.29, 1.82) is 0 Å². The summed E-state index contributed by atoms with van der Waals surface area (Å²) in [4.78, 5) is 17.9. The monoisotopic (exact) mass is 454 g/mol. The summed E-state index contributed by atoms with van der Waals surface area (Å²) in [5.41, 5.74) is -1.70. The van der Waals surface area contributed by atoms with E-state index in [1.165, 1.54) is 11.0 Å². The van der Waals surface area contributed by atoms with Crippen molar-refractivity contribution in [3.8, 4) is 0 Å². The third-order valence-corrected chi connectivity index (χ3v) is 7.98. The Labute approximate surface area is 170 Å². The lowest BCUT2D eigenvalue weighted by molar-refractivity contribution is -0.137. The van der Waals surface area contributed by atoms with Gasteiger partial charge in [-0.25, -0.2) is 8.42 Å². The number of rotatable bonds is 1. The SMILES string of the molecule is CC(C)(C)C(=O)N=C1SC2CS(=O)(=O)CC2N1c1ccc(Cl)c(C(F)(F)F)c1. The number of amidine groups is 1. The number of sulfone groups is 1. The third-order valence-electron chi connectivity index (χ3n) is 4.44. The zero-order valence-corrected chi connectivity index (χ0v) is 17.6. The van der Waals surface area contributed by atoms with E-state index in [4.69, 9.17) is 11.6 Å². The molecule has 0 aromatic heterocycles. The van der Waals surface area contributed by atoms with E-state index in [0.29, 0.717) is 0 Å². The standard InChI is InChI=1S/C17H18ClF3N2O3S2/c1-16(2,3)14(24)22-15-23(12-7-28(25,26)8-13(12)27-15)9-4-5-11(18)10(6-9)17(19,20)21/h4-6,12-13H,7-8H2,1-3H3. The van der Waals surface area contributed by atoms with Gasteiger partial charge in [0.25, 0.3) is 5.91 Å². The van der Waals surface area contributed by atoms with Crippen LogP contribution in [0.25, 0.3) is 0 Å². The molecule has 5 nitrogen and oxygen atoms in total. The maximum absolute atomic E-state index is 13.3. The average Bonchev–Trinajstić information content (AvgIpc) is 2.97. The second-order valence-corrected chi connectivity index (χ2v) is 11.5. The first kappa shape index (κ1) is 21.4. The fourth-order valence-electron chi connectivity index (χ4n) is 3.00. The van der Waals surface area contributed by atoms with E-state index < -0.39 is 49.2 Å². The smallest absolute Gasteiger partial charge is 0.316 e. The molecule has 2 atom stereocenters. The van der Waals surface area contributed by atoms with Gasteiger partial charge < -0.3 is 4.90 Å². The van der Waals surface area contributed by atoms with Gasteiger partial charge in [-0.15, -0.1) is 0 Å². The van der Waals surface area contributed by atoms with Crippen molar-refractivity contribution < 1.29 is 26.4 Å². The number of aliphatic imine (C=N–C) groups is 1. The molecule has 11 heteroatoms. The maximum atomic E-state index is 13.3. The number of carbonyl (C=O) groups is 1. The lowest BCUT2D eigenvalue weighted by Crippen LogP contribution is -2.38. The highest BCUT2D eigenvalue weighted by Crippen LogP contribution is 2.44. The molecule has 2 unspecified atom stereocenters. The Morgan fingerprint density at radius 1 is 1.25 bits per heavy atom. The largest absolute Gasteiger partial charge is 0.417 e. The van der Waals surface area contributed by atoms with Gasteiger partial charge in [0.05, 0.1) is 28.1 Å². The second kappa shape index (κ2) is 6.91. The van der Waals surface area contributed by atoms with E-state index in [1.807, 2.05) is 0 Å². The number of anilines is 1. The van der Waals surface area contributed by atoms with Crippen molar-refractivity contribution in [2.45, 2.75) is 38.2 Å². The summed E-state index contributed by atoms with van der Waals surface area (Å²) in [6, 6.07) is 2.77. The van der Waals surface area contributed by atoms with E-state index in [0.717, 1.165) is 23.9 Å². The summed E-state index contributed by atoms with van der Waals surface area (Å²) in [5.74, 6) is -0.758. The topological polar surface area (TPSA) is 66.8 Å². The predicted molar refractivity (Wildman–Crippen MR) is 105 cm³/mol. The Balaban J connectivity index is 2.10. The van der Waals surface area contributed by atoms with Gasteiger partial charge in [-0.05, 0) is 18.2 Å². The molecule has 2 aliphatic rings. The second-order valence-electron chi connectivity index (χ2n) is 7.78. The van der Waals surface area contributed by atoms with E-state index >= 15 is 0 Å². The molecule has 154 valence electrons. The first-order valence-corrected chi connectivity index (χ1v) is 11.4. The van der Waals surface area contributed by atoms with Crippen molar-refractivity contribution in [3.05, 3.63) is 28.8 Å². The zero-order chi connectivity index (χ0) is 21.1. The number of benzene rings is 1. The highest BCUT2D eigenvalue weighted by molar-refractivity contribution is 8.16. The predicted octanol–water partition coefficient (Wildman–Crippen LogP) is 4.01. The molecule has 0 aliphatic carbocycles. The fourth-order valence-corrected chi connectivity index (χ4v) is 7.14. The molecule has 2 fully saturated rings. The Hall–Kier alpha value is -1.26. The lowest BCUT2D eigenvalue weighted by atomic mass is 9.96. The summed E-state index contributed by atoms with van der Waals surface area (Å²) in [7, 11) is -3.32. The Morgan fingerprint density at radius 2 is 1.89 bits per heavy atom. The minimum atomic E-state index is -4.67. The van der Waals surface area contributed by atoms with Gasteiger partial charge >= 0.3 is 6.18 Å². The highest BCUT2D eigenvalue weighted by atomic mass is 35.5. The molecule has 0 saturated carbocycles. The van der Waals surface area contributed by atoms with Gasteiger partial charge in [0.2, 0.25) is 0 Å². The van der Waals surface area contributed by atoms with Crippen LogP contribution in [0.5, 0.6) is 0 Å². The molecule has 3 rings (SSSR count). The van der Waals surface area contributed by atoms with Gasteiger partial charge in [-0.1, -0.05) is 44.1 Å². The Bertz CT molecular complexity index is 955. The summed E-state index contributed by atoms with van der Waals surface area (Å²) >= 11 is 6.81. The van der Waals surface area contributed by atoms with Crippen LogP contribution in [0.15, 0.2) is 23.2 Å². The molecule has 2 aliphatic heterocycles. The van der Waals surface area contributed by atoms with Crippen LogP contribution in [0.4, 0.5) is 18.9 Å². The van der Waals surface area contributed by atoms with Crippen LogP contribution in [-0.4, -0.2) is 42.3 Å². The molecule has 28 heavy (non-hydrogen) atoms. The molecular formula is C17H18ClF3N2O3S2. The van der Waals surface area contributed by atoms with Gasteiger partial charge in [-0.2, -0.15) is 18.2 Å². The number of hydrogen-bond donors (Lipinski definition) is 0. The van der Waals surface area contributed by atoms with E-state index in [9.17, 15) is 26.4 Å². The van der Waals surface area contributed by atoms with Crippen molar-refractivity contribution >= 4 is 50.0 Å². The number of hydrogen-bond acceptors (Lipinski definition) is 4. The normalized spacial score (nSPS) is 26.0. The summed E-state index contributed by atoms with van der Waals surface area (Å²) in [5, 5.41) is -0.648. The van der Waals surface area contributed by atoms with Crippen LogP contribution in [-0.2, 0) is 20.8 Å². The van der Waals surface area contributed by atoms with Crippen LogP contribution in [0.2, 0.25) is 5.02 Å². The van der Waals surface area contributed by atoms with Crippen LogP contribution in [0.1, 0.15) is 26.3 Å². The zero-order valence-electron chi connectivity index (χ0n) is 15.2. The quantitative estimate of drug-likeness (QED) is 0.641. The van der Waals surface area contributed by atoms with Gasteiger partial charge in [0, 0.05) is 16.4 Å². The van der Waals surface area contributed by atoms with Crippen LogP contribution in [0.3, 0.4) is 0 Å². The number of alkyl halides is 3. The van der Waals surface area contributed by atoms with Gasteiger partial charge in [0.1, 0.15) is 0 Å². The summed E-state index contributed by atoms with van der Waals surface area (Å²) < 4.78 is 63.9. The minimum Gasteiger partial charge on any atom is -0.316 e. The fraction of sp³-hybridized carbons (Fsp3) is 0.529. The minimum absolute atomic E-state index is 0.106. The van der Waals surface area contributed by atoms with E-state index in [1.54, 1.807) is 20.8 Å². The molecule has 1 amide bonds. The molecule has 1 aromatic carbocycles. The molecule has 2 heterocycles. The Kier molecular flexibility index (Phi) is 5.30. The molecule has 1 aromatic rings. The van der Waals surface area contributed by atoms with Crippen LogP contribution < -0.4 is 4.90 Å². The number of halogens is 4. The number of thioether (sulfide) groups is 1. The van der Waals surface area contributed by atoms with Crippen LogP contribution >= 0.6 is 23.4 Å². The highest BCUT2D eigenvalue weighted by Gasteiger charge is 2.50. The average molecular weight is 455 g/mol. The van der Waals surface area contributed by atoms with E-state index in [-0.39, 0.29) is 22.4 Å². The molecule has 2 saturated heterocycles. The number of fused-ring (bicyclic) bond motifs is 1. The van der Waals surface area contributed by atoms with Crippen molar-refractivity contribution in [2.24, 2.45) is 10.4 Å². The third kappa shape index (κ3) is 4.18. The number of amides is 1. The van der Waals surface area contributed by atoms with Crippen molar-refractivity contribution in [2.75, 3.05) is 16.4 Å². The maximum Gasteiger partial charge on any atom is 0.417 e. The van der Waals surface area contributed by atoms with Crippen molar-refractivity contribution in [3.63, 3.8) is 0 Å². The summed E-state index contributed by atoms with van der Waals surface area (Å²) in [6.45, 7) is 5.04. The number of nitrogens with zero attached hydrogens (tertiary/aromatic N) is 2. The molecule has 0 bridgehead atoms. The lowest BCUT2D eigenvalue weighted by Gasteiger charge is -2.26. The van der Waals surface area contributed by atoms with Crippen LogP contribution in [0, 0.1) is 5.41 Å². The molecular weight excluding hydrogens is 437 g/mol. The molecule has 0 spiro atoms. The Morgan fingerprint density at radius 3 is 2.46 bits per heavy atom. The molecule has 0 N–H and O–H groups in total.